The van der Waals surface area contributed by atoms with E-state index in [0.29, 0.717) is 52.3 Å². The number of nitrogens with zero attached hydrogens (tertiary/aromatic N) is 4. The van der Waals surface area contributed by atoms with Crippen molar-refractivity contribution in [3.05, 3.63) is 116 Å². The van der Waals surface area contributed by atoms with Crippen molar-refractivity contribution >= 4 is 43.5 Å². The Morgan fingerprint density at radius 1 is 0.830 bits per heavy atom. The van der Waals surface area contributed by atoms with Gasteiger partial charge in [-0.15, -0.1) is 26.3 Å². The Hall–Kier alpha value is -4.99. The van der Waals surface area contributed by atoms with Crippen LogP contribution in [0.1, 0.15) is 47.3 Å². The van der Waals surface area contributed by atoms with Gasteiger partial charge in [-0.1, -0.05) is 56.1 Å². The van der Waals surface area contributed by atoms with E-state index in [0.717, 1.165) is 8.95 Å². The number of guanidine groups is 1. The van der Waals surface area contributed by atoms with E-state index in [-0.39, 0.29) is 17.5 Å². The molecule has 3 unspecified atom stereocenters. The molecule has 4 aromatic rings. The summed E-state index contributed by atoms with van der Waals surface area (Å²) in [6.07, 6.45) is -8.04. The fourth-order valence-corrected chi connectivity index (χ4v) is 6.55. The lowest BCUT2D eigenvalue weighted by Gasteiger charge is -2.37. The van der Waals surface area contributed by atoms with Crippen LogP contribution in [0.25, 0.3) is 0 Å². The average molecular weight is 869 g/mol. The minimum absolute atomic E-state index is 0.223. The molecule has 3 aliphatic heterocycles. The number of fused-ring (bicyclic) bond motifs is 3. The predicted molar refractivity (Wildman–Crippen MR) is 185 cm³/mol. The summed E-state index contributed by atoms with van der Waals surface area (Å²) in [4.78, 5) is 14.3. The van der Waals surface area contributed by atoms with Crippen molar-refractivity contribution in [3.8, 4) is 29.2 Å². The van der Waals surface area contributed by atoms with E-state index in [1.165, 1.54) is 53.6 Å². The Morgan fingerprint density at radius 3 is 1.89 bits per heavy atom. The van der Waals surface area contributed by atoms with Gasteiger partial charge < -0.3 is 24.7 Å². The Bertz CT molecular complexity index is 2090. The smallest absolute Gasteiger partial charge is 0.485 e. The van der Waals surface area contributed by atoms with Crippen LogP contribution in [-0.2, 0) is 10.6 Å². The molecule has 0 radical (unpaired) electrons. The van der Waals surface area contributed by atoms with Crippen molar-refractivity contribution in [2.75, 3.05) is 7.05 Å². The van der Waals surface area contributed by atoms with E-state index in [2.05, 4.69) is 51.3 Å². The van der Waals surface area contributed by atoms with Gasteiger partial charge in [0.1, 0.15) is 35.2 Å². The molecule has 3 atom stereocenters. The van der Waals surface area contributed by atoms with Crippen molar-refractivity contribution < 1.29 is 50.1 Å². The van der Waals surface area contributed by atoms with Crippen molar-refractivity contribution in [1.82, 2.24) is 5.06 Å². The third-order valence-electron chi connectivity index (χ3n) is 8.06. The van der Waals surface area contributed by atoms with E-state index in [9.17, 15) is 26.3 Å². The van der Waals surface area contributed by atoms with E-state index >= 15 is 0 Å². The van der Waals surface area contributed by atoms with Gasteiger partial charge in [0.15, 0.2) is 0 Å². The molecule has 0 aliphatic carbocycles. The lowest BCUT2D eigenvalue weighted by Crippen LogP contribution is -2.36. The molecule has 0 bridgehead atoms. The third kappa shape index (κ3) is 8.98. The molecule has 4 aromatic carbocycles. The monoisotopic (exact) mass is 867 g/mol. The van der Waals surface area contributed by atoms with Crippen LogP contribution < -0.4 is 24.7 Å². The Labute approximate surface area is 314 Å². The first-order valence-corrected chi connectivity index (χ1v) is 17.0. The lowest BCUT2D eigenvalue weighted by atomic mass is 9.90. The van der Waals surface area contributed by atoms with E-state index in [1.54, 1.807) is 31.4 Å². The van der Waals surface area contributed by atoms with Crippen LogP contribution in [0.4, 0.5) is 26.3 Å². The van der Waals surface area contributed by atoms with Crippen molar-refractivity contribution in [3.63, 3.8) is 0 Å². The van der Waals surface area contributed by atoms with Gasteiger partial charge in [0.05, 0.1) is 11.3 Å². The van der Waals surface area contributed by atoms with Crippen LogP contribution in [0.2, 0.25) is 0 Å². The molecule has 0 aromatic heterocycles. The highest BCUT2D eigenvalue weighted by Crippen LogP contribution is 2.50. The fraction of sp³-hybridized carbons (Fsp3) is 0.229. The van der Waals surface area contributed by atoms with Crippen LogP contribution >= 0.6 is 31.9 Å². The second-order valence-corrected chi connectivity index (χ2v) is 13.5. The minimum Gasteiger partial charge on any atom is -0.485 e. The number of hydroxylamine groups is 2. The maximum Gasteiger partial charge on any atom is 0.573 e. The van der Waals surface area contributed by atoms with Gasteiger partial charge in [0, 0.05) is 34.4 Å². The van der Waals surface area contributed by atoms with Gasteiger partial charge in [-0.3, -0.25) is 0 Å². The summed E-state index contributed by atoms with van der Waals surface area (Å²) in [5, 5.41) is 10.3. The largest absolute Gasteiger partial charge is 0.573 e. The second kappa shape index (κ2) is 14.8. The molecule has 1 spiro atoms. The summed E-state index contributed by atoms with van der Waals surface area (Å²) in [7, 11) is 1.65. The van der Waals surface area contributed by atoms with Crippen molar-refractivity contribution in [1.29, 1.82) is 5.26 Å². The normalized spacial score (nSPS) is 21.2. The summed E-state index contributed by atoms with van der Waals surface area (Å²) in [6.45, 7) is 0. The van der Waals surface area contributed by atoms with E-state index in [4.69, 9.17) is 25.3 Å². The SMILES string of the molecule is CN1OC2(CC(c3ccc(OC(F)(F)F)cc3)Oc3ccc(Br)cc32)N=C1N.N#CN=C1CC(c2ccc(OC(F)(F)F)cc2)Oc2ccc(Br)cc21. The molecule has 276 valence electrons. The molecule has 0 fully saturated rings. The maximum atomic E-state index is 12.4. The molecule has 0 saturated carbocycles. The number of nitriles is 1. The lowest BCUT2D eigenvalue weighted by molar-refractivity contribution is -0.275. The van der Waals surface area contributed by atoms with Gasteiger partial charge in [-0.2, -0.15) is 10.3 Å². The zero-order valence-corrected chi connectivity index (χ0v) is 30.3. The summed E-state index contributed by atoms with van der Waals surface area (Å²) < 4.78 is 95.2. The fourth-order valence-electron chi connectivity index (χ4n) is 5.83. The topological polar surface area (TPSA) is 124 Å². The first-order valence-electron chi connectivity index (χ1n) is 15.4. The number of benzene rings is 4. The van der Waals surface area contributed by atoms with Gasteiger partial charge in [-0.05, 0) is 71.8 Å². The van der Waals surface area contributed by atoms with Gasteiger partial charge in [0.25, 0.3) is 0 Å². The molecule has 53 heavy (non-hydrogen) atoms. The number of hydrogen-bond donors (Lipinski definition) is 1. The third-order valence-corrected chi connectivity index (χ3v) is 9.04. The molecule has 7 rings (SSSR count). The molecule has 10 nitrogen and oxygen atoms in total. The first kappa shape index (κ1) is 37.8. The maximum absolute atomic E-state index is 12.4. The Kier molecular flexibility index (Phi) is 10.5. The van der Waals surface area contributed by atoms with Crippen LogP contribution in [-0.4, -0.2) is 36.5 Å². The molecule has 18 heteroatoms. The molecule has 3 heterocycles. The number of rotatable bonds is 4. The Balaban J connectivity index is 0.000000183. The summed E-state index contributed by atoms with van der Waals surface area (Å²) in [5.74, 6) is 0.735. The van der Waals surface area contributed by atoms with Crippen molar-refractivity contribution in [2.24, 2.45) is 15.7 Å². The first-order chi connectivity index (χ1) is 25.0. The van der Waals surface area contributed by atoms with Gasteiger partial charge in [-0.25, -0.2) is 14.9 Å². The highest BCUT2D eigenvalue weighted by molar-refractivity contribution is 9.10. The zero-order chi connectivity index (χ0) is 38.1. The number of halogens is 8. The van der Waals surface area contributed by atoms with Gasteiger partial charge in [0.2, 0.25) is 17.9 Å². The number of nitrogens with two attached hydrogens (primary N) is 1. The Morgan fingerprint density at radius 2 is 1.36 bits per heavy atom. The zero-order valence-electron chi connectivity index (χ0n) is 27.1. The number of ether oxygens (including phenoxy) is 4. The van der Waals surface area contributed by atoms with Crippen LogP contribution in [0.15, 0.2) is 104 Å². The molecular weight excluding hydrogens is 844 g/mol. The number of aliphatic imine (C=N–C) groups is 2. The molecule has 0 saturated heterocycles. The van der Waals surface area contributed by atoms with E-state index in [1.807, 2.05) is 18.2 Å². The highest BCUT2D eigenvalue weighted by atomic mass is 79.9. The standard InChI is InChI=1S/C18H15BrF3N3O3.C17H10BrF3N2O2/c1-25-16(23)24-17(28-25)9-15(26-14-7-4-11(19)8-13(14)17)10-2-5-12(6-3-10)27-18(20,21)22;18-11-3-6-15-13(7-11)14(23-9-22)8-16(24-15)10-1-4-12(5-2-10)25-17(19,20)21/h2-8,15H,9H2,1H3,(H2,23,24);1-7,16H,8H2. The molecule has 3 aliphatic rings. The molecular formula is C35H25Br2F6N5O5. The van der Waals surface area contributed by atoms with Gasteiger partial charge >= 0.3 is 12.7 Å². The average Bonchev–Trinajstić information content (AvgIpc) is 3.37. The van der Waals surface area contributed by atoms with Crippen LogP contribution in [0.3, 0.4) is 0 Å². The summed E-state index contributed by atoms with van der Waals surface area (Å²) in [5.41, 5.74) is 8.14. The van der Waals surface area contributed by atoms with Crippen LogP contribution in [0.5, 0.6) is 23.0 Å². The summed E-state index contributed by atoms with van der Waals surface area (Å²) >= 11 is 6.79. The highest BCUT2D eigenvalue weighted by Gasteiger charge is 2.49. The van der Waals surface area contributed by atoms with Crippen LogP contribution in [0, 0.1) is 11.5 Å². The minimum atomic E-state index is -4.74. The summed E-state index contributed by atoms with van der Waals surface area (Å²) in [6, 6.07) is 21.8. The predicted octanol–water partition coefficient (Wildman–Crippen LogP) is 9.36. The number of hydrogen-bond acceptors (Lipinski definition) is 10. The second-order valence-electron chi connectivity index (χ2n) is 11.6. The molecule has 0 amide bonds. The van der Waals surface area contributed by atoms with Crippen molar-refractivity contribution in [2.45, 2.75) is 43.5 Å². The number of alkyl halides is 6. The molecule has 2 N–H and O–H groups in total. The van der Waals surface area contributed by atoms with E-state index < -0.39 is 30.7 Å². The quantitative estimate of drug-likeness (QED) is 0.159.